The molecule has 100 valence electrons. The van der Waals surface area contributed by atoms with Gasteiger partial charge in [0, 0.05) is 25.5 Å². The van der Waals surface area contributed by atoms with Crippen molar-refractivity contribution >= 4 is 5.91 Å². The Labute approximate surface area is 110 Å². The van der Waals surface area contributed by atoms with E-state index in [1.807, 2.05) is 10.8 Å². The monoisotopic (exact) mass is 261 g/mol. The van der Waals surface area contributed by atoms with E-state index in [1.54, 1.807) is 29.6 Å². The maximum Gasteiger partial charge on any atom is 0.289 e. The molecule has 1 amide bonds. The molecule has 6 heteroatoms. The quantitative estimate of drug-likeness (QED) is 0.827. The Bertz CT molecular complexity index is 521. The van der Waals surface area contributed by atoms with Crippen molar-refractivity contribution < 1.29 is 13.9 Å². The zero-order chi connectivity index (χ0) is 13.1. The van der Waals surface area contributed by atoms with Gasteiger partial charge in [0.1, 0.15) is 0 Å². The van der Waals surface area contributed by atoms with Crippen LogP contribution in [0.1, 0.15) is 10.6 Å². The van der Waals surface area contributed by atoms with Crippen LogP contribution in [-0.4, -0.2) is 46.2 Å². The van der Waals surface area contributed by atoms with E-state index in [0.29, 0.717) is 32.0 Å². The van der Waals surface area contributed by atoms with E-state index in [1.165, 1.54) is 6.26 Å². The molecular weight excluding hydrogens is 246 g/mol. The van der Waals surface area contributed by atoms with E-state index in [9.17, 15) is 4.79 Å². The molecule has 0 aromatic carbocycles. The molecule has 3 rings (SSSR count). The van der Waals surface area contributed by atoms with Crippen molar-refractivity contribution in [2.45, 2.75) is 12.6 Å². The second-order valence-corrected chi connectivity index (χ2v) is 4.48. The van der Waals surface area contributed by atoms with Gasteiger partial charge < -0.3 is 18.6 Å². The van der Waals surface area contributed by atoms with Crippen LogP contribution in [0.25, 0.3) is 0 Å². The third-order valence-corrected chi connectivity index (χ3v) is 3.13. The van der Waals surface area contributed by atoms with Gasteiger partial charge in [-0.2, -0.15) is 0 Å². The first-order chi connectivity index (χ1) is 9.33. The summed E-state index contributed by atoms with van der Waals surface area (Å²) in [6.07, 6.45) is 6.86. The van der Waals surface area contributed by atoms with Crippen molar-refractivity contribution in [3.8, 4) is 0 Å². The summed E-state index contributed by atoms with van der Waals surface area (Å²) in [5.41, 5.74) is 0. The summed E-state index contributed by atoms with van der Waals surface area (Å²) in [6, 6.07) is 3.40. The van der Waals surface area contributed by atoms with Crippen molar-refractivity contribution in [3.05, 3.63) is 42.9 Å². The Kier molecular flexibility index (Phi) is 3.33. The molecule has 1 atom stereocenters. The maximum absolute atomic E-state index is 12.2. The van der Waals surface area contributed by atoms with Crippen LogP contribution in [0.5, 0.6) is 0 Å². The number of morpholine rings is 1. The summed E-state index contributed by atoms with van der Waals surface area (Å²) in [7, 11) is 0. The van der Waals surface area contributed by atoms with Crippen LogP contribution in [-0.2, 0) is 11.3 Å². The number of carbonyl (C=O) groups excluding carboxylic acids is 1. The number of carbonyl (C=O) groups is 1. The summed E-state index contributed by atoms with van der Waals surface area (Å²) in [6.45, 7) is 2.41. The van der Waals surface area contributed by atoms with E-state index in [2.05, 4.69) is 4.98 Å². The Morgan fingerprint density at radius 3 is 3.21 bits per heavy atom. The fourth-order valence-electron chi connectivity index (χ4n) is 2.20. The average molecular weight is 261 g/mol. The normalized spacial score (nSPS) is 19.6. The predicted octanol–water partition coefficient (Wildman–Crippen LogP) is 1.02. The number of rotatable bonds is 3. The molecule has 2 aromatic rings. The SMILES string of the molecule is O=C(c1ccco1)N1CCO[C@@H](Cn2ccnc2)C1. The van der Waals surface area contributed by atoms with Crippen LogP contribution in [0.3, 0.4) is 0 Å². The van der Waals surface area contributed by atoms with E-state index in [0.717, 1.165) is 0 Å². The van der Waals surface area contributed by atoms with Crippen LogP contribution < -0.4 is 0 Å². The van der Waals surface area contributed by atoms with E-state index >= 15 is 0 Å². The van der Waals surface area contributed by atoms with Gasteiger partial charge in [0.2, 0.25) is 0 Å². The third-order valence-electron chi connectivity index (χ3n) is 3.13. The highest BCUT2D eigenvalue weighted by Crippen LogP contribution is 2.12. The summed E-state index contributed by atoms with van der Waals surface area (Å²) in [4.78, 5) is 17.9. The largest absolute Gasteiger partial charge is 0.459 e. The number of amides is 1. The van der Waals surface area contributed by atoms with Crippen molar-refractivity contribution in [1.29, 1.82) is 0 Å². The lowest BCUT2D eigenvalue weighted by Crippen LogP contribution is -2.46. The molecule has 1 aliphatic rings. The smallest absolute Gasteiger partial charge is 0.289 e. The molecule has 1 fully saturated rings. The van der Waals surface area contributed by atoms with Crippen molar-refractivity contribution in [1.82, 2.24) is 14.5 Å². The van der Waals surface area contributed by atoms with E-state index in [4.69, 9.17) is 9.15 Å². The molecule has 0 saturated carbocycles. The molecule has 3 heterocycles. The average Bonchev–Trinajstić information content (AvgIpc) is 3.11. The second-order valence-electron chi connectivity index (χ2n) is 4.48. The van der Waals surface area contributed by atoms with E-state index < -0.39 is 0 Å². The fraction of sp³-hybridized carbons (Fsp3) is 0.385. The maximum atomic E-state index is 12.2. The molecule has 2 aromatic heterocycles. The Morgan fingerprint density at radius 2 is 2.47 bits per heavy atom. The van der Waals surface area contributed by atoms with Crippen LogP contribution in [0.15, 0.2) is 41.5 Å². The number of ether oxygens (including phenoxy) is 1. The minimum Gasteiger partial charge on any atom is -0.459 e. The van der Waals surface area contributed by atoms with Gasteiger partial charge in [-0.25, -0.2) is 4.98 Å². The number of aromatic nitrogens is 2. The summed E-state index contributed by atoms with van der Waals surface area (Å²) in [5, 5.41) is 0. The fourth-order valence-corrected chi connectivity index (χ4v) is 2.20. The summed E-state index contributed by atoms with van der Waals surface area (Å²) < 4.78 is 12.8. The van der Waals surface area contributed by atoms with Gasteiger partial charge in [0.25, 0.3) is 5.91 Å². The second kappa shape index (κ2) is 5.27. The lowest BCUT2D eigenvalue weighted by Gasteiger charge is -2.32. The van der Waals surface area contributed by atoms with Crippen LogP contribution >= 0.6 is 0 Å². The van der Waals surface area contributed by atoms with Crippen molar-refractivity contribution in [3.63, 3.8) is 0 Å². The van der Waals surface area contributed by atoms with Crippen LogP contribution in [0, 0.1) is 0 Å². The zero-order valence-electron chi connectivity index (χ0n) is 10.4. The predicted molar refractivity (Wildman–Crippen MR) is 66.6 cm³/mol. The minimum atomic E-state index is -0.0797. The molecule has 0 radical (unpaired) electrons. The first-order valence-electron chi connectivity index (χ1n) is 6.23. The first kappa shape index (κ1) is 12.0. The zero-order valence-corrected chi connectivity index (χ0v) is 10.4. The number of hydrogen-bond acceptors (Lipinski definition) is 4. The molecule has 1 saturated heterocycles. The first-order valence-corrected chi connectivity index (χ1v) is 6.23. The highest BCUT2D eigenvalue weighted by Gasteiger charge is 2.26. The van der Waals surface area contributed by atoms with Gasteiger partial charge in [-0.1, -0.05) is 0 Å². The van der Waals surface area contributed by atoms with Gasteiger partial charge in [0.15, 0.2) is 5.76 Å². The number of hydrogen-bond donors (Lipinski definition) is 0. The molecule has 0 aliphatic carbocycles. The molecule has 0 N–H and O–H groups in total. The van der Waals surface area contributed by atoms with Gasteiger partial charge in [0.05, 0.1) is 31.8 Å². The van der Waals surface area contributed by atoms with Gasteiger partial charge in [-0.05, 0) is 12.1 Å². The van der Waals surface area contributed by atoms with E-state index in [-0.39, 0.29) is 12.0 Å². The van der Waals surface area contributed by atoms with Gasteiger partial charge in [-0.15, -0.1) is 0 Å². The molecule has 1 aliphatic heterocycles. The highest BCUT2D eigenvalue weighted by atomic mass is 16.5. The van der Waals surface area contributed by atoms with Crippen LogP contribution in [0.2, 0.25) is 0 Å². The molecule has 19 heavy (non-hydrogen) atoms. The standard InChI is InChI=1S/C13H15N3O3/c17-13(12-2-1-6-19-12)16-5-7-18-11(9-16)8-15-4-3-14-10-15/h1-4,6,10-11H,5,7-9H2/t11-/m0/s1. The molecule has 0 unspecified atom stereocenters. The molecular formula is C13H15N3O3. The topological polar surface area (TPSA) is 60.5 Å². The van der Waals surface area contributed by atoms with Crippen molar-refractivity contribution in [2.75, 3.05) is 19.7 Å². The highest BCUT2D eigenvalue weighted by molar-refractivity contribution is 5.91. The van der Waals surface area contributed by atoms with Crippen LogP contribution in [0.4, 0.5) is 0 Å². The number of imidazole rings is 1. The number of nitrogens with zero attached hydrogens (tertiary/aromatic N) is 3. The van der Waals surface area contributed by atoms with Gasteiger partial charge in [-0.3, -0.25) is 4.79 Å². The lowest BCUT2D eigenvalue weighted by molar-refractivity contribution is -0.0294. The van der Waals surface area contributed by atoms with Gasteiger partial charge >= 0.3 is 0 Å². The molecule has 6 nitrogen and oxygen atoms in total. The van der Waals surface area contributed by atoms with Crippen molar-refractivity contribution in [2.24, 2.45) is 0 Å². The number of furan rings is 1. The Hall–Kier alpha value is -2.08. The molecule has 0 bridgehead atoms. The summed E-state index contributed by atoms with van der Waals surface area (Å²) in [5.74, 6) is 0.298. The molecule has 0 spiro atoms. The Morgan fingerprint density at radius 1 is 1.53 bits per heavy atom. The third kappa shape index (κ3) is 2.68. The Balaban J connectivity index is 1.63. The lowest BCUT2D eigenvalue weighted by atomic mass is 10.2. The summed E-state index contributed by atoms with van der Waals surface area (Å²) >= 11 is 0. The minimum absolute atomic E-state index is 0.0122.